The van der Waals surface area contributed by atoms with Gasteiger partial charge in [-0.2, -0.15) is 4.52 Å². The molecule has 3 aromatic rings. The number of aromatic nitrogens is 4. The number of para-hydroxylation sites is 2. The molecule has 2 heterocycles. The number of amides is 1. The number of hydrogen-bond donors (Lipinski definition) is 1. The van der Waals surface area contributed by atoms with Gasteiger partial charge in [0.15, 0.2) is 11.5 Å². The summed E-state index contributed by atoms with van der Waals surface area (Å²) in [4.78, 5) is 12.2. The highest BCUT2D eigenvalue weighted by atomic mass is 16.5. The molecule has 0 unspecified atom stereocenters. The second-order valence-corrected chi connectivity index (χ2v) is 5.01. The van der Waals surface area contributed by atoms with Gasteiger partial charge in [0.25, 0.3) is 0 Å². The fraction of sp³-hybridized carbons (Fsp3) is 0.250. The van der Waals surface area contributed by atoms with Crippen LogP contribution in [-0.4, -0.2) is 39.9 Å². The van der Waals surface area contributed by atoms with Crippen molar-refractivity contribution in [3.63, 3.8) is 0 Å². The van der Waals surface area contributed by atoms with E-state index in [0.29, 0.717) is 35.2 Å². The van der Waals surface area contributed by atoms with Gasteiger partial charge in [0.1, 0.15) is 5.75 Å². The highest BCUT2D eigenvalue weighted by molar-refractivity contribution is 5.92. The minimum Gasteiger partial charge on any atom is -0.495 e. The summed E-state index contributed by atoms with van der Waals surface area (Å²) in [5, 5.41) is 15.2. The van der Waals surface area contributed by atoms with Gasteiger partial charge in [-0.1, -0.05) is 12.1 Å². The molecule has 0 spiro atoms. The predicted octanol–water partition coefficient (Wildman–Crippen LogP) is 1.71. The normalized spacial score (nSPS) is 10.6. The van der Waals surface area contributed by atoms with Crippen LogP contribution < -0.4 is 14.8 Å². The van der Waals surface area contributed by atoms with E-state index in [-0.39, 0.29) is 12.3 Å². The Hall–Kier alpha value is -3.16. The largest absolute Gasteiger partial charge is 0.495 e. The van der Waals surface area contributed by atoms with Gasteiger partial charge >= 0.3 is 0 Å². The van der Waals surface area contributed by atoms with Crippen molar-refractivity contribution in [1.29, 1.82) is 0 Å². The van der Waals surface area contributed by atoms with Gasteiger partial charge in [0, 0.05) is 18.9 Å². The van der Waals surface area contributed by atoms with Crippen LogP contribution in [0.2, 0.25) is 0 Å². The number of aryl methyl sites for hydroxylation is 1. The highest BCUT2D eigenvalue weighted by Gasteiger charge is 2.12. The van der Waals surface area contributed by atoms with E-state index in [9.17, 15) is 4.79 Å². The molecule has 8 heteroatoms. The topological polar surface area (TPSA) is 90.6 Å². The first kappa shape index (κ1) is 15.7. The fourth-order valence-corrected chi connectivity index (χ4v) is 2.27. The fourth-order valence-electron chi connectivity index (χ4n) is 2.27. The van der Waals surface area contributed by atoms with E-state index in [1.54, 1.807) is 43.0 Å². The van der Waals surface area contributed by atoms with Gasteiger partial charge in [-0.3, -0.25) is 4.79 Å². The molecule has 1 N–H and O–H groups in total. The zero-order valence-electron chi connectivity index (χ0n) is 13.4. The summed E-state index contributed by atoms with van der Waals surface area (Å²) in [7, 11) is 3.10. The van der Waals surface area contributed by atoms with Crippen molar-refractivity contribution in [1.82, 2.24) is 19.8 Å². The molecule has 0 radical (unpaired) electrons. The molecule has 0 saturated carbocycles. The number of carbonyl (C=O) groups is 1. The van der Waals surface area contributed by atoms with E-state index in [2.05, 4.69) is 20.6 Å². The smallest absolute Gasteiger partial charge is 0.231 e. The molecule has 8 nitrogen and oxygen atoms in total. The van der Waals surface area contributed by atoms with Crippen LogP contribution in [0.15, 0.2) is 36.4 Å². The number of anilines is 1. The summed E-state index contributed by atoms with van der Waals surface area (Å²) in [6.45, 7) is 0. The number of nitrogens with one attached hydrogen (secondary N) is 1. The summed E-state index contributed by atoms with van der Waals surface area (Å²) in [5.41, 5.74) is 1.24. The van der Waals surface area contributed by atoms with Gasteiger partial charge < -0.3 is 14.8 Å². The lowest BCUT2D eigenvalue weighted by Gasteiger charge is -2.09. The Morgan fingerprint density at radius 1 is 1.12 bits per heavy atom. The van der Waals surface area contributed by atoms with Crippen molar-refractivity contribution in [2.45, 2.75) is 12.8 Å². The molecule has 1 amide bonds. The standard InChI is InChI=1S/C16H17N5O3/c1-23-12-6-4-3-5-11(12)17-15(22)9-7-13-18-19-14-8-10-16(24-2)20-21(13)14/h3-6,8,10H,7,9H2,1-2H3,(H,17,22). The summed E-state index contributed by atoms with van der Waals surface area (Å²) in [6, 6.07) is 10.7. The zero-order chi connectivity index (χ0) is 16.9. The van der Waals surface area contributed by atoms with Gasteiger partial charge in [-0.05, 0) is 18.2 Å². The Morgan fingerprint density at radius 2 is 1.96 bits per heavy atom. The Bertz CT molecular complexity index is 862. The van der Waals surface area contributed by atoms with Crippen LogP contribution >= 0.6 is 0 Å². The van der Waals surface area contributed by atoms with Gasteiger partial charge in [-0.15, -0.1) is 15.3 Å². The lowest BCUT2D eigenvalue weighted by molar-refractivity contribution is -0.116. The molecule has 0 bridgehead atoms. The maximum Gasteiger partial charge on any atom is 0.231 e. The molecule has 24 heavy (non-hydrogen) atoms. The van der Waals surface area contributed by atoms with Crippen molar-refractivity contribution in [2.75, 3.05) is 19.5 Å². The van der Waals surface area contributed by atoms with Crippen molar-refractivity contribution in [3.05, 3.63) is 42.2 Å². The molecule has 0 atom stereocenters. The van der Waals surface area contributed by atoms with Crippen LogP contribution in [0.5, 0.6) is 11.6 Å². The van der Waals surface area contributed by atoms with Gasteiger partial charge in [0.2, 0.25) is 11.8 Å². The Kier molecular flexibility index (Phi) is 4.55. The Balaban J connectivity index is 1.68. The first-order valence-electron chi connectivity index (χ1n) is 7.39. The predicted molar refractivity (Wildman–Crippen MR) is 87.3 cm³/mol. The van der Waals surface area contributed by atoms with E-state index >= 15 is 0 Å². The summed E-state index contributed by atoms with van der Waals surface area (Å²) >= 11 is 0. The van der Waals surface area contributed by atoms with Crippen LogP contribution in [0.25, 0.3) is 5.65 Å². The monoisotopic (exact) mass is 327 g/mol. The number of benzene rings is 1. The number of rotatable bonds is 6. The third kappa shape index (κ3) is 3.27. The lowest BCUT2D eigenvalue weighted by atomic mass is 10.2. The maximum absolute atomic E-state index is 12.2. The van der Waals surface area contributed by atoms with Gasteiger partial charge in [0.05, 0.1) is 19.9 Å². The second kappa shape index (κ2) is 6.95. The third-order valence-electron chi connectivity index (χ3n) is 3.47. The van der Waals surface area contributed by atoms with Crippen molar-refractivity contribution >= 4 is 17.2 Å². The van der Waals surface area contributed by atoms with Crippen LogP contribution in [0.4, 0.5) is 5.69 Å². The second-order valence-electron chi connectivity index (χ2n) is 5.01. The number of ether oxygens (including phenoxy) is 2. The average Bonchev–Trinajstić information content (AvgIpc) is 3.02. The molecule has 0 aliphatic carbocycles. The summed E-state index contributed by atoms with van der Waals surface area (Å²) < 4.78 is 11.9. The van der Waals surface area contributed by atoms with E-state index < -0.39 is 0 Å². The SMILES string of the molecule is COc1ccc2nnc(CCC(=O)Nc3ccccc3OC)n2n1. The molecule has 124 valence electrons. The quantitative estimate of drug-likeness (QED) is 0.741. The summed E-state index contributed by atoms with van der Waals surface area (Å²) in [6.07, 6.45) is 0.653. The highest BCUT2D eigenvalue weighted by Crippen LogP contribution is 2.23. The number of hydrogen-bond acceptors (Lipinski definition) is 6. The minimum atomic E-state index is -0.140. The Morgan fingerprint density at radius 3 is 2.75 bits per heavy atom. The van der Waals surface area contributed by atoms with Crippen molar-refractivity contribution in [2.24, 2.45) is 0 Å². The third-order valence-corrected chi connectivity index (χ3v) is 3.47. The molecule has 0 saturated heterocycles. The Labute approximate surface area is 138 Å². The van der Waals surface area contributed by atoms with Crippen molar-refractivity contribution in [3.8, 4) is 11.6 Å². The zero-order valence-corrected chi connectivity index (χ0v) is 13.4. The van der Waals surface area contributed by atoms with Crippen LogP contribution in [-0.2, 0) is 11.2 Å². The first-order chi connectivity index (χ1) is 11.7. The molecule has 0 aliphatic heterocycles. The van der Waals surface area contributed by atoms with E-state index in [4.69, 9.17) is 9.47 Å². The van der Waals surface area contributed by atoms with Crippen LogP contribution in [0, 0.1) is 0 Å². The average molecular weight is 327 g/mol. The van der Waals surface area contributed by atoms with E-state index in [1.807, 2.05) is 12.1 Å². The van der Waals surface area contributed by atoms with Gasteiger partial charge in [-0.25, -0.2) is 0 Å². The number of carbonyl (C=O) groups excluding carboxylic acids is 1. The molecule has 1 aromatic carbocycles. The van der Waals surface area contributed by atoms with Crippen LogP contribution in [0.3, 0.4) is 0 Å². The number of fused-ring (bicyclic) bond motifs is 1. The number of methoxy groups -OCH3 is 2. The van der Waals surface area contributed by atoms with E-state index in [0.717, 1.165) is 0 Å². The van der Waals surface area contributed by atoms with Crippen molar-refractivity contribution < 1.29 is 14.3 Å². The van der Waals surface area contributed by atoms with Crippen LogP contribution in [0.1, 0.15) is 12.2 Å². The molecular weight excluding hydrogens is 310 g/mol. The lowest BCUT2D eigenvalue weighted by Crippen LogP contribution is -2.14. The molecule has 2 aromatic heterocycles. The molecule has 3 rings (SSSR count). The minimum absolute atomic E-state index is 0.140. The summed E-state index contributed by atoms with van der Waals surface area (Å²) in [5.74, 6) is 1.53. The molecule has 0 aliphatic rings. The van der Waals surface area contributed by atoms with E-state index in [1.165, 1.54) is 0 Å². The maximum atomic E-state index is 12.2. The first-order valence-corrected chi connectivity index (χ1v) is 7.39. The molecular formula is C16H17N5O3. The molecule has 0 fully saturated rings. The number of nitrogens with zero attached hydrogens (tertiary/aromatic N) is 4.